The number of β-amino-alcohol motifs (C(OH)–C–C–N with tert-alkyl or cyclic N) is 1. The molecule has 1 fully saturated rings. The summed E-state index contributed by atoms with van der Waals surface area (Å²) in [5.74, 6) is -0.270. The van der Waals surface area contributed by atoms with Gasteiger partial charge in [0, 0.05) is 29.8 Å². The lowest BCUT2D eigenvalue weighted by molar-refractivity contribution is 0.223. The lowest BCUT2D eigenvalue weighted by Gasteiger charge is -2.27. The fourth-order valence-electron chi connectivity index (χ4n) is 4.19. The number of halogens is 1. The maximum absolute atomic E-state index is 13.8. The maximum Gasteiger partial charge on any atom is 0.170 e. The second-order valence-electron chi connectivity index (χ2n) is 7.19. The van der Waals surface area contributed by atoms with Crippen molar-refractivity contribution < 1.29 is 9.50 Å². The Kier molecular flexibility index (Phi) is 5.34. The third kappa shape index (κ3) is 3.52. The highest BCUT2D eigenvalue weighted by molar-refractivity contribution is 7.80. The Balaban J connectivity index is 1.84. The number of hydrogen-bond donors (Lipinski definition) is 2. The summed E-state index contributed by atoms with van der Waals surface area (Å²) in [7, 11) is 0. The Labute approximate surface area is 174 Å². The zero-order valence-electron chi connectivity index (χ0n) is 16.3. The molecule has 2 aromatic heterocycles. The fourth-order valence-corrected chi connectivity index (χ4v) is 4.52. The Morgan fingerprint density at radius 1 is 1.17 bits per heavy atom. The number of nitrogens with zero attached hydrogens (tertiary/aromatic N) is 3. The lowest BCUT2D eigenvalue weighted by atomic mass is 9.97. The summed E-state index contributed by atoms with van der Waals surface area (Å²) in [6, 6.07) is 14.2. The molecule has 4 rings (SSSR count). The number of nitrogens with one attached hydrogen (secondary N) is 1. The first-order chi connectivity index (χ1) is 14.0. The highest BCUT2D eigenvalue weighted by atomic mass is 32.1. The number of hydrogen-bond acceptors (Lipinski definition) is 3. The molecule has 1 aliphatic heterocycles. The molecule has 29 heavy (non-hydrogen) atoms. The van der Waals surface area contributed by atoms with Crippen LogP contribution in [0.25, 0.3) is 5.69 Å². The van der Waals surface area contributed by atoms with Gasteiger partial charge in [-0.15, -0.1) is 0 Å². The van der Waals surface area contributed by atoms with E-state index in [4.69, 9.17) is 12.2 Å². The van der Waals surface area contributed by atoms with Crippen molar-refractivity contribution in [1.29, 1.82) is 0 Å². The first-order valence-corrected chi connectivity index (χ1v) is 9.95. The van der Waals surface area contributed by atoms with E-state index in [1.165, 1.54) is 12.1 Å². The van der Waals surface area contributed by atoms with E-state index in [0.717, 1.165) is 28.3 Å². The SMILES string of the molecule is Cc1cc([C@@H]2[C@@H](c3ccccn3)NC(=S)N2CCO)c(C)n1-c1cccc(F)c1. The van der Waals surface area contributed by atoms with Crippen molar-refractivity contribution >= 4 is 17.3 Å². The molecule has 1 aliphatic rings. The van der Waals surface area contributed by atoms with Gasteiger partial charge in [0.15, 0.2) is 5.11 Å². The molecule has 0 unspecified atom stereocenters. The van der Waals surface area contributed by atoms with Crippen molar-refractivity contribution in [2.75, 3.05) is 13.2 Å². The smallest absolute Gasteiger partial charge is 0.170 e. The van der Waals surface area contributed by atoms with Gasteiger partial charge < -0.3 is 19.9 Å². The first kappa shape index (κ1) is 19.5. The minimum Gasteiger partial charge on any atom is -0.395 e. The van der Waals surface area contributed by atoms with E-state index in [9.17, 15) is 9.50 Å². The van der Waals surface area contributed by atoms with Crippen molar-refractivity contribution in [1.82, 2.24) is 19.8 Å². The third-order valence-electron chi connectivity index (χ3n) is 5.39. The largest absolute Gasteiger partial charge is 0.395 e. The summed E-state index contributed by atoms with van der Waals surface area (Å²) in [5, 5.41) is 13.6. The Bertz CT molecular complexity index is 1040. The summed E-state index contributed by atoms with van der Waals surface area (Å²) in [6.07, 6.45) is 1.77. The van der Waals surface area contributed by atoms with Crippen LogP contribution < -0.4 is 5.32 Å². The number of thiocarbonyl (C=S) groups is 1. The van der Waals surface area contributed by atoms with E-state index in [1.807, 2.05) is 47.6 Å². The molecule has 1 aromatic carbocycles. The minimum atomic E-state index is -0.270. The number of rotatable bonds is 5. The van der Waals surface area contributed by atoms with Gasteiger partial charge in [0.05, 0.1) is 24.4 Å². The van der Waals surface area contributed by atoms with Crippen LogP contribution in [-0.4, -0.2) is 37.8 Å². The number of aliphatic hydroxyl groups excluding tert-OH is 1. The summed E-state index contributed by atoms with van der Waals surface area (Å²) in [6.45, 7) is 4.45. The highest BCUT2D eigenvalue weighted by Gasteiger charge is 2.41. The molecule has 2 atom stereocenters. The van der Waals surface area contributed by atoms with E-state index in [1.54, 1.807) is 12.3 Å². The van der Waals surface area contributed by atoms with Gasteiger partial charge in [-0.1, -0.05) is 12.1 Å². The van der Waals surface area contributed by atoms with Gasteiger partial charge in [-0.2, -0.15) is 0 Å². The molecule has 0 spiro atoms. The molecule has 7 heteroatoms. The van der Waals surface area contributed by atoms with Crippen LogP contribution in [0.1, 0.15) is 34.7 Å². The molecule has 150 valence electrons. The molecule has 1 saturated heterocycles. The topological polar surface area (TPSA) is 53.3 Å². The molecular formula is C22H23FN4OS. The quantitative estimate of drug-likeness (QED) is 0.630. The molecule has 2 N–H and O–H groups in total. The Hall–Kier alpha value is -2.77. The molecule has 3 heterocycles. The second-order valence-corrected chi connectivity index (χ2v) is 7.57. The van der Waals surface area contributed by atoms with Crippen LogP contribution in [0, 0.1) is 19.7 Å². The van der Waals surface area contributed by atoms with Crippen LogP contribution in [0.5, 0.6) is 0 Å². The van der Waals surface area contributed by atoms with Crippen LogP contribution in [0.4, 0.5) is 4.39 Å². The predicted octanol–water partition coefficient (Wildman–Crippen LogP) is 3.59. The summed E-state index contributed by atoms with van der Waals surface area (Å²) < 4.78 is 15.9. The van der Waals surface area contributed by atoms with Gasteiger partial charge in [-0.05, 0) is 68.0 Å². The molecule has 0 radical (unpaired) electrons. The lowest BCUT2D eigenvalue weighted by Crippen LogP contribution is -2.32. The molecule has 0 saturated carbocycles. The van der Waals surface area contributed by atoms with Gasteiger partial charge >= 0.3 is 0 Å². The molecule has 0 aliphatic carbocycles. The number of benzene rings is 1. The van der Waals surface area contributed by atoms with E-state index in [0.29, 0.717) is 11.7 Å². The standard InChI is InChI=1S/C22H23FN4OS/c1-14-12-18(15(2)27(14)17-7-5-6-16(23)13-17)21-20(19-8-3-4-9-24-19)25-22(29)26(21)10-11-28/h3-9,12-13,20-21,28H,10-11H2,1-2H3,(H,25,29)/t20-,21-/m1/s1. The van der Waals surface area contributed by atoms with E-state index < -0.39 is 0 Å². The van der Waals surface area contributed by atoms with Crippen molar-refractivity contribution in [2.45, 2.75) is 25.9 Å². The van der Waals surface area contributed by atoms with Crippen molar-refractivity contribution in [2.24, 2.45) is 0 Å². The molecule has 5 nitrogen and oxygen atoms in total. The highest BCUT2D eigenvalue weighted by Crippen LogP contribution is 2.41. The Morgan fingerprint density at radius 2 is 2.00 bits per heavy atom. The minimum absolute atomic E-state index is 0.00407. The zero-order valence-corrected chi connectivity index (χ0v) is 17.2. The fraction of sp³-hybridized carbons (Fsp3) is 0.273. The van der Waals surface area contributed by atoms with Crippen molar-refractivity contribution in [3.8, 4) is 5.69 Å². The first-order valence-electron chi connectivity index (χ1n) is 9.55. The van der Waals surface area contributed by atoms with Crippen LogP contribution in [0.2, 0.25) is 0 Å². The zero-order chi connectivity index (χ0) is 20.5. The van der Waals surface area contributed by atoms with Crippen LogP contribution >= 0.6 is 12.2 Å². The number of aliphatic hydroxyl groups is 1. The van der Waals surface area contributed by atoms with Gasteiger partial charge in [-0.3, -0.25) is 4.98 Å². The summed E-state index contributed by atoms with van der Waals surface area (Å²) in [5.41, 5.74) is 4.75. The van der Waals surface area contributed by atoms with Crippen LogP contribution in [0.15, 0.2) is 54.7 Å². The summed E-state index contributed by atoms with van der Waals surface area (Å²) >= 11 is 5.57. The molecule has 0 bridgehead atoms. The number of aryl methyl sites for hydroxylation is 1. The average molecular weight is 411 g/mol. The van der Waals surface area contributed by atoms with Crippen molar-refractivity contribution in [3.05, 3.63) is 83.2 Å². The van der Waals surface area contributed by atoms with Crippen LogP contribution in [-0.2, 0) is 0 Å². The summed E-state index contributed by atoms with van der Waals surface area (Å²) in [4.78, 5) is 6.53. The van der Waals surface area contributed by atoms with Gasteiger partial charge in [0.2, 0.25) is 0 Å². The normalized spacial score (nSPS) is 18.9. The molecular weight excluding hydrogens is 387 g/mol. The Morgan fingerprint density at radius 3 is 2.69 bits per heavy atom. The van der Waals surface area contributed by atoms with E-state index in [2.05, 4.69) is 16.4 Å². The van der Waals surface area contributed by atoms with Gasteiger partial charge in [0.1, 0.15) is 5.82 Å². The average Bonchev–Trinajstić information content (AvgIpc) is 3.18. The molecule has 3 aromatic rings. The van der Waals surface area contributed by atoms with Crippen molar-refractivity contribution in [3.63, 3.8) is 0 Å². The number of aromatic nitrogens is 2. The number of pyridine rings is 1. The van der Waals surface area contributed by atoms with Crippen LogP contribution in [0.3, 0.4) is 0 Å². The van der Waals surface area contributed by atoms with E-state index >= 15 is 0 Å². The molecule has 0 amide bonds. The van der Waals surface area contributed by atoms with Gasteiger partial charge in [0.25, 0.3) is 0 Å². The third-order valence-corrected chi connectivity index (χ3v) is 5.75. The monoisotopic (exact) mass is 410 g/mol. The predicted molar refractivity (Wildman–Crippen MR) is 114 cm³/mol. The van der Waals surface area contributed by atoms with Gasteiger partial charge in [-0.25, -0.2) is 4.39 Å². The maximum atomic E-state index is 13.8. The second kappa shape index (κ2) is 7.93. The van der Waals surface area contributed by atoms with E-state index in [-0.39, 0.29) is 24.5 Å².